The molecule has 21 heavy (non-hydrogen) atoms. The van der Waals surface area contributed by atoms with Crippen molar-refractivity contribution in [1.82, 2.24) is 0 Å². The maximum Gasteiger partial charge on any atom is 0.680 e. The number of aliphatic hydroxyl groups is 4. The van der Waals surface area contributed by atoms with Crippen molar-refractivity contribution in [3.8, 4) is 0 Å². The molecule has 0 amide bonds. The van der Waals surface area contributed by atoms with E-state index in [1.54, 1.807) is 0 Å². The Morgan fingerprint density at radius 3 is 0.905 bits per heavy atom. The minimum Gasteiger partial charge on any atom is -0.391 e. The van der Waals surface area contributed by atoms with E-state index in [-0.39, 0.29) is 26.4 Å². The summed E-state index contributed by atoms with van der Waals surface area (Å²) in [6.45, 7) is 5.73. The maximum absolute atomic E-state index is 9.33. The summed E-state index contributed by atoms with van der Waals surface area (Å²) in [4.78, 5) is 0. The summed E-state index contributed by atoms with van der Waals surface area (Å²) >= 11 is 0. The molecule has 0 rings (SSSR count). The third kappa shape index (κ3) is 11.2. The van der Waals surface area contributed by atoms with Gasteiger partial charge in [0, 0.05) is 0 Å². The molecule has 0 heterocycles. The van der Waals surface area contributed by atoms with Crippen molar-refractivity contribution in [3.63, 3.8) is 0 Å². The molecule has 0 aromatic heterocycles. The summed E-state index contributed by atoms with van der Waals surface area (Å²) in [5, 5.41) is 37.3. The topological polar surface area (TPSA) is 118 Å². The van der Waals surface area contributed by atoms with Gasteiger partial charge in [0.25, 0.3) is 0 Å². The average Bonchev–Trinajstić information content (AvgIpc) is 2.36. The molecule has 0 spiro atoms. The van der Waals surface area contributed by atoms with Gasteiger partial charge in [-0.05, 0) is 27.7 Å². The first kappa shape index (κ1) is 20.9. The van der Waals surface area contributed by atoms with E-state index in [2.05, 4.69) is 0 Å². The zero-order valence-corrected chi connectivity index (χ0v) is 14.1. The normalized spacial score (nSPS) is 20.6. The molecular weight excluding hydrogens is 300 g/mol. The molecule has 128 valence electrons. The van der Waals surface area contributed by atoms with Crippen molar-refractivity contribution in [3.05, 3.63) is 0 Å². The first-order valence-electron chi connectivity index (χ1n) is 6.95. The molecule has 0 radical (unpaired) electrons. The molecule has 0 saturated carbocycles. The minimum absolute atomic E-state index is 0.0916. The third-order valence-corrected chi connectivity index (χ3v) is 4.09. The molecule has 0 fully saturated rings. The molecule has 8 nitrogen and oxygen atoms in total. The molecule has 4 atom stereocenters. The highest BCUT2D eigenvalue weighted by Gasteiger charge is 2.47. The van der Waals surface area contributed by atoms with Crippen molar-refractivity contribution in [2.24, 2.45) is 0 Å². The van der Waals surface area contributed by atoms with Crippen LogP contribution in [-0.2, 0) is 17.7 Å². The first-order chi connectivity index (χ1) is 9.67. The summed E-state index contributed by atoms with van der Waals surface area (Å²) in [5.74, 6) is 0. The zero-order chi connectivity index (χ0) is 16.5. The second kappa shape index (κ2) is 10.6. The highest BCUT2D eigenvalue weighted by molar-refractivity contribution is 6.53. The zero-order valence-electron chi connectivity index (χ0n) is 13.1. The van der Waals surface area contributed by atoms with Crippen LogP contribution in [0, 0.1) is 0 Å². The predicted molar refractivity (Wildman–Crippen MR) is 76.3 cm³/mol. The predicted octanol–water partition coefficient (Wildman–Crippen LogP) is -0.988. The van der Waals surface area contributed by atoms with Crippen molar-refractivity contribution in [2.75, 3.05) is 26.4 Å². The molecular formula is C12H28O8Si. The number of hydrogen-bond donors (Lipinski definition) is 4. The van der Waals surface area contributed by atoms with Crippen LogP contribution in [0.1, 0.15) is 27.7 Å². The fourth-order valence-electron chi connectivity index (χ4n) is 1.14. The Labute approximate surface area is 126 Å². The summed E-state index contributed by atoms with van der Waals surface area (Å²) in [5.41, 5.74) is 0. The molecule has 0 bridgehead atoms. The standard InChI is InChI=1S/C12H28O8Si/c1-9(13)5-17-21(18-6-10(2)14,19-7-11(3)15)20-8-12(4)16/h9-16H,5-8H2,1-4H3. The van der Waals surface area contributed by atoms with E-state index in [1.807, 2.05) is 0 Å². The van der Waals surface area contributed by atoms with Gasteiger partial charge in [0.05, 0.1) is 50.8 Å². The van der Waals surface area contributed by atoms with Crippen LogP contribution in [0.3, 0.4) is 0 Å². The quantitative estimate of drug-likeness (QED) is 0.337. The van der Waals surface area contributed by atoms with Gasteiger partial charge in [-0.25, -0.2) is 0 Å². The Balaban J connectivity index is 4.85. The Kier molecular flexibility index (Phi) is 10.5. The Hall–Kier alpha value is -0.103. The first-order valence-corrected chi connectivity index (χ1v) is 8.58. The lowest BCUT2D eigenvalue weighted by atomic mass is 10.5. The van der Waals surface area contributed by atoms with Gasteiger partial charge in [-0.3, -0.25) is 0 Å². The molecule has 0 aromatic carbocycles. The second-order valence-corrected chi connectivity index (χ2v) is 7.29. The molecule has 0 aliphatic heterocycles. The fraction of sp³-hybridized carbons (Fsp3) is 1.00. The summed E-state index contributed by atoms with van der Waals surface area (Å²) in [7, 11) is -3.69. The number of rotatable bonds is 12. The SMILES string of the molecule is CC(O)CO[Si](OCC(C)O)(OCC(C)O)OCC(C)O. The van der Waals surface area contributed by atoms with Crippen LogP contribution in [0.5, 0.6) is 0 Å². The van der Waals surface area contributed by atoms with E-state index in [4.69, 9.17) is 17.7 Å². The van der Waals surface area contributed by atoms with Gasteiger partial charge in [0.15, 0.2) is 0 Å². The van der Waals surface area contributed by atoms with E-state index >= 15 is 0 Å². The maximum atomic E-state index is 9.33. The Morgan fingerprint density at radius 2 is 0.762 bits per heavy atom. The lowest BCUT2D eigenvalue weighted by Gasteiger charge is -2.30. The van der Waals surface area contributed by atoms with E-state index < -0.39 is 33.5 Å². The van der Waals surface area contributed by atoms with Crippen molar-refractivity contribution in [2.45, 2.75) is 52.1 Å². The van der Waals surface area contributed by atoms with Crippen molar-refractivity contribution >= 4 is 9.05 Å². The molecule has 9 heteroatoms. The monoisotopic (exact) mass is 328 g/mol. The Bertz CT molecular complexity index is 206. The molecule has 0 aliphatic carbocycles. The summed E-state index contributed by atoms with van der Waals surface area (Å²) < 4.78 is 21.7. The van der Waals surface area contributed by atoms with Crippen LogP contribution < -0.4 is 0 Å². The van der Waals surface area contributed by atoms with Gasteiger partial charge in [-0.2, -0.15) is 0 Å². The van der Waals surface area contributed by atoms with Crippen molar-refractivity contribution < 1.29 is 38.1 Å². The second-order valence-electron chi connectivity index (χ2n) is 5.14. The Morgan fingerprint density at radius 1 is 0.571 bits per heavy atom. The van der Waals surface area contributed by atoms with E-state index in [0.717, 1.165) is 0 Å². The fourth-order valence-corrected chi connectivity index (χ4v) is 3.42. The highest BCUT2D eigenvalue weighted by Crippen LogP contribution is 2.14. The van der Waals surface area contributed by atoms with Crippen LogP contribution >= 0.6 is 0 Å². The van der Waals surface area contributed by atoms with Gasteiger partial charge in [-0.15, -0.1) is 0 Å². The minimum atomic E-state index is -3.69. The van der Waals surface area contributed by atoms with E-state index in [0.29, 0.717) is 0 Å². The van der Waals surface area contributed by atoms with Gasteiger partial charge in [0.1, 0.15) is 0 Å². The smallest absolute Gasteiger partial charge is 0.391 e. The van der Waals surface area contributed by atoms with Gasteiger partial charge in [-0.1, -0.05) is 0 Å². The van der Waals surface area contributed by atoms with Crippen LogP contribution in [-0.4, -0.2) is 80.3 Å². The van der Waals surface area contributed by atoms with Gasteiger partial charge < -0.3 is 38.1 Å². The molecule has 0 saturated heterocycles. The molecule has 0 aliphatic rings. The average molecular weight is 328 g/mol. The highest BCUT2D eigenvalue weighted by atomic mass is 28.4. The lowest BCUT2D eigenvalue weighted by Crippen LogP contribution is -2.53. The largest absolute Gasteiger partial charge is 0.680 e. The van der Waals surface area contributed by atoms with E-state index in [9.17, 15) is 20.4 Å². The van der Waals surface area contributed by atoms with Gasteiger partial charge >= 0.3 is 9.05 Å². The van der Waals surface area contributed by atoms with E-state index in [1.165, 1.54) is 27.7 Å². The summed E-state index contributed by atoms with van der Waals surface area (Å²) in [6, 6.07) is 0. The van der Waals surface area contributed by atoms with Crippen LogP contribution in [0.15, 0.2) is 0 Å². The molecule has 0 aromatic rings. The van der Waals surface area contributed by atoms with Gasteiger partial charge in [0.2, 0.25) is 0 Å². The number of hydrogen-bond acceptors (Lipinski definition) is 8. The van der Waals surface area contributed by atoms with Crippen LogP contribution in [0.2, 0.25) is 0 Å². The van der Waals surface area contributed by atoms with Crippen LogP contribution in [0.25, 0.3) is 0 Å². The molecule has 4 unspecified atom stereocenters. The third-order valence-electron chi connectivity index (χ3n) is 2.01. The van der Waals surface area contributed by atoms with Crippen LogP contribution in [0.4, 0.5) is 0 Å². The summed E-state index contributed by atoms with van der Waals surface area (Å²) in [6.07, 6.45) is -3.07. The number of aliphatic hydroxyl groups excluding tert-OH is 4. The molecule has 4 N–H and O–H groups in total. The van der Waals surface area contributed by atoms with Crippen molar-refractivity contribution in [1.29, 1.82) is 0 Å². The lowest BCUT2D eigenvalue weighted by molar-refractivity contribution is -0.0808.